The summed E-state index contributed by atoms with van der Waals surface area (Å²) in [6.07, 6.45) is 1.85. The summed E-state index contributed by atoms with van der Waals surface area (Å²) in [4.78, 5) is 11.8. The predicted molar refractivity (Wildman–Crippen MR) is 138 cm³/mol. The minimum absolute atomic E-state index is 0.161. The van der Waals surface area contributed by atoms with Gasteiger partial charge in [-0.2, -0.15) is 4.31 Å². The maximum absolute atomic E-state index is 13.2. The molecular weight excluding hydrogens is 567 g/mol. The molecule has 8 nitrogen and oxygen atoms in total. The SMILES string of the molecule is O=C1NC2(CCN(c3ccc(S(=O)(=O)N4CCC(Nc5ccc(S(F)(F)(F)(F)F)cc5)CC4)cc3)CC2)CO1. The molecule has 3 heterocycles. The van der Waals surface area contributed by atoms with Crippen LogP contribution in [0.3, 0.4) is 0 Å². The Kier molecular flexibility index (Phi) is 6.31. The highest BCUT2D eigenvalue weighted by molar-refractivity contribution is 8.45. The lowest BCUT2D eigenvalue weighted by Crippen LogP contribution is -2.52. The average Bonchev–Trinajstić information content (AvgIpc) is 3.23. The molecule has 2 aromatic rings. The smallest absolute Gasteiger partial charge is 0.407 e. The van der Waals surface area contributed by atoms with Crippen LogP contribution in [0.15, 0.2) is 58.3 Å². The number of benzene rings is 2. The van der Waals surface area contributed by atoms with Crippen molar-refractivity contribution < 1.29 is 37.4 Å². The van der Waals surface area contributed by atoms with Crippen molar-refractivity contribution in [3.05, 3.63) is 48.5 Å². The molecule has 3 aliphatic rings. The first-order valence-corrected chi connectivity index (χ1v) is 15.8. The highest BCUT2D eigenvalue weighted by Crippen LogP contribution is 3.02. The third-order valence-electron chi connectivity index (χ3n) is 7.53. The Morgan fingerprint density at radius 2 is 1.49 bits per heavy atom. The Morgan fingerprint density at radius 3 is 2.00 bits per heavy atom. The number of rotatable bonds is 6. The quantitative estimate of drug-likeness (QED) is 0.417. The Morgan fingerprint density at radius 1 is 0.897 bits per heavy atom. The molecule has 0 aromatic heterocycles. The molecule has 1 spiro atoms. The van der Waals surface area contributed by atoms with Gasteiger partial charge in [0.2, 0.25) is 10.0 Å². The zero-order chi connectivity index (χ0) is 28.2. The number of nitrogens with one attached hydrogen (secondary N) is 2. The summed E-state index contributed by atoms with van der Waals surface area (Å²) < 4.78 is 97.4. The molecule has 0 atom stereocenters. The highest BCUT2D eigenvalue weighted by atomic mass is 32.5. The van der Waals surface area contributed by atoms with E-state index in [1.165, 1.54) is 4.31 Å². The summed E-state index contributed by atoms with van der Waals surface area (Å²) in [6, 6.07) is 9.07. The van der Waals surface area contributed by atoms with Gasteiger partial charge in [-0.1, -0.05) is 19.4 Å². The van der Waals surface area contributed by atoms with Crippen LogP contribution < -0.4 is 15.5 Å². The highest BCUT2D eigenvalue weighted by Gasteiger charge is 2.65. The fraction of sp³-hybridized carbons (Fsp3) is 0.458. The largest absolute Gasteiger partial charge is 0.447 e. The van der Waals surface area contributed by atoms with Gasteiger partial charge in [0.05, 0.1) is 10.4 Å². The first-order valence-electron chi connectivity index (χ1n) is 12.4. The predicted octanol–water partition coefficient (Wildman–Crippen LogP) is 5.69. The number of amides is 1. The van der Waals surface area contributed by atoms with Crippen LogP contribution in [-0.4, -0.2) is 63.2 Å². The van der Waals surface area contributed by atoms with Crippen molar-refractivity contribution in [2.45, 2.75) is 47.1 Å². The van der Waals surface area contributed by atoms with Gasteiger partial charge in [0.15, 0.2) is 0 Å². The number of piperidine rings is 2. The Balaban J connectivity index is 1.15. The molecule has 0 aliphatic carbocycles. The summed E-state index contributed by atoms with van der Waals surface area (Å²) in [5, 5.41) is 5.89. The van der Waals surface area contributed by atoms with E-state index in [1.807, 2.05) is 0 Å². The molecule has 0 radical (unpaired) electrons. The second-order valence-corrected chi connectivity index (χ2v) is 14.6. The van der Waals surface area contributed by atoms with Crippen molar-refractivity contribution >= 4 is 37.7 Å². The number of carbonyl (C=O) groups is 1. The van der Waals surface area contributed by atoms with Crippen molar-refractivity contribution in [3.8, 4) is 0 Å². The van der Waals surface area contributed by atoms with Gasteiger partial charge in [0, 0.05) is 43.6 Å². The molecular formula is C24H29F5N4O4S2. The fourth-order valence-corrected chi connectivity index (χ4v) is 7.34. The monoisotopic (exact) mass is 596 g/mol. The summed E-state index contributed by atoms with van der Waals surface area (Å²) in [5.74, 6) is 0. The standard InChI is InChI=1S/C24H29F5N4O4S2/c25-39(26,27,28,29)22-7-1-18(2-8-22)30-19-9-13-33(14-10-19)38(35,36)21-5-3-20(4-6-21)32-15-11-24(12-16-32)17-37-23(34)31-24/h1-8,19,30H,9-17H2,(H,31,34). The van der Waals surface area contributed by atoms with Gasteiger partial charge in [0.1, 0.15) is 11.5 Å². The normalized spacial score (nSPS) is 22.6. The van der Waals surface area contributed by atoms with Gasteiger partial charge >= 0.3 is 16.3 Å². The molecule has 3 saturated heterocycles. The van der Waals surface area contributed by atoms with Crippen LogP contribution in [0.2, 0.25) is 0 Å². The molecule has 2 N–H and O–H groups in total. The van der Waals surface area contributed by atoms with E-state index in [9.17, 15) is 32.6 Å². The van der Waals surface area contributed by atoms with Gasteiger partial charge in [-0.25, -0.2) is 13.2 Å². The van der Waals surface area contributed by atoms with Crippen LogP contribution in [0.5, 0.6) is 0 Å². The maximum atomic E-state index is 13.2. The van der Waals surface area contributed by atoms with Crippen molar-refractivity contribution in [1.29, 1.82) is 0 Å². The van der Waals surface area contributed by atoms with Crippen LogP contribution in [0.4, 0.5) is 35.6 Å². The Labute approximate surface area is 223 Å². The number of cyclic esters (lactones) is 1. The van der Waals surface area contributed by atoms with E-state index in [-0.39, 0.29) is 35.3 Å². The third kappa shape index (κ3) is 6.04. The maximum Gasteiger partial charge on any atom is 0.407 e. The topological polar surface area (TPSA) is 91.0 Å². The molecule has 39 heavy (non-hydrogen) atoms. The number of halogens is 5. The summed E-state index contributed by atoms with van der Waals surface area (Å²) in [6.45, 7) is 2.14. The van der Waals surface area contributed by atoms with Crippen molar-refractivity contribution in [2.75, 3.05) is 43.0 Å². The van der Waals surface area contributed by atoms with E-state index in [4.69, 9.17) is 4.74 Å². The number of nitrogens with zero attached hydrogens (tertiary/aromatic N) is 2. The molecule has 5 rings (SSSR count). The molecule has 216 valence electrons. The molecule has 15 heteroatoms. The molecule has 0 unspecified atom stereocenters. The van der Waals surface area contributed by atoms with E-state index in [0.29, 0.717) is 44.7 Å². The van der Waals surface area contributed by atoms with Crippen molar-refractivity contribution in [3.63, 3.8) is 0 Å². The lowest BCUT2D eigenvalue weighted by atomic mass is 9.89. The fourth-order valence-electron chi connectivity index (χ4n) is 5.22. The summed E-state index contributed by atoms with van der Waals surface area (Å²) in [7, 11) is -13.5. The van der Waals surface area contributed by atoms with Crippen LogP contribution in [0.1, 0.15) is 25.7 Å². The number of hydrogen-bond donors (Lipinski definition) is 2. The van der Waals surface area contributed by atoms with E-state index in [0.717, 1.165) is 30.7 Å². The summed E-state index contributed by atoms with van der Waals surface area (Å²) >= 11 is 0. The van der Waals surface area contributed by atoms with Crippen LogP contribution in [0, 0.1) is 0 Å². The summed E-state index contributed by atoms with van der Waals surface area (Å²) in [5.41, 5.74) is 0.803. The number of ether oxygens (including phenoxy) is 1. The van der Waals surface area contributed by atoms with E-state index < -0.39 is 31.2 Å². The first-order chi connectivity index (χ1) is 18.0. The lowest BCUT2D eigenvalue weighted by molar-refractivity contribution is 0.168. The number of alkyl carbamates (subject to hydrolysis) is 1. The number of sulfonamides is 1. The average molecular weight is 597 g/mol. The van der Waals surface area contributed by atoms with E-state index >= 15 is 0 Å². The molecule has 2 aromatic carbocycles. The molecule has 1 amide bonds. The van der Waals surface area contributed by atoms with Crippen molar-refractivity contribution in [2.24, 2.45) is 0 Å². The first kappa shape index (κ1) is 27.8. The molecule has 0 bridgehead atoms. The van der Waals surface area contributed by atoms with Crippen LogP contribution in [0.25, 0.3) is 0 Å². The number of carbonyl (C=O) groups excluding carboxylic acids is 1. The zero-order valence-corrected chi connectivity index (χ0v) is 22.4. The Bertz CT molecular complexity index is 1340. The minimum atomic E-state index is -9.73. The molecule has 3 fully saturated rings. The van der Waals surface area contributed by atoms with Gasteiger partial charge < -0.3 is 20.3 Å². The second-order valence-electron chi connectivity index (χ2n) is 10.3. The van der Waals surface area contributed by atoms with Gasteiger partial charge in [-0.15, -0.1) is 0 Å². The molecule has 0 saturated carbocycles. The van der Waals surface area contributed by atoms with E-state index in [2.05, 4.69) is 15.5 Å². The minimum Gasteiger partial charge on any atom is -0.447 e. The second kappa shape index (κ2) is 8.86. The van der Waals surface area contributed by atoms with Crippen LogP contribution >= 0.6 is 10.2 Å². The van der Waals surface area contributed by atoms with Gasteiger partial charge in [-0.3, -0.25) is 0 Å². The number of hydrogen-bond acceptors (Lipinski definition) is 6. The Hall–Kier alpha value is -2.78. The van der Waals surface area contributed by atoms with E-state index in [1.54, 1.807) is 24.3 Å². The van der Waals surface area contributed by atoms with Gasteiger partial charge in [-0.05, 0) is 74.2 Å². The zero-order valence-electron chi connectivity index (χ0n) is 20.8. The number of anilines is 2. The third-order valence-corrected chi connectivity index (χ3v) is 10.6. The molecule has 3 aliphatic heterocycles. The lowest BCUT2D eigenvalue weighted by Gasteiger charge is -2.40. The van der Waals surface area contributed by atoms with Gasteiger partial charge in [0.25, 0.3) is 0 Å². The van der Waals surface area contributed by atoms with Crippen LogP contribution in [-0.2, 0) is 14.8 Å². The van der Waals surface area contributed by atoms with Crippen molar-refractivity contribution in [1.82, 2.24) is 9.62 Å².